The van der Waals surface area contributed by atoms with Gasteiger partial charge >= 0.3 is 5.97 Å². The van der Waals surface area contributed by atoms with E-state index in [1.54, 1.807) is 48.5 Å². The van der Waals surface area contributed by atoms with E-state index in [0.29, 0.717) is 40.4 Å². The molecule has 0 heterocycles. The summed E-state index contributed by atoms with van der Waals surface area (Å²) >= 11 is 0. The van der Waals surface area contributed by atoms with Crippen molar-refractivity contribution < 1.29 is 24.3 Å². The molecule has 0 radical (unpaired) electrons. The van der Waals surface area contributed by atoms with E-state index in [9.17, 15) is 20.2 Å². The topological polar surface area (TPSA) is 123 Å². The van der Waals surface area contributed by atoms with Crippen LogP contribution < -0.4 is 9.47 Å². The van der Waals surface area contributed by atoms with E-state index in [4.69, 9.17) is 14.6 Å². The van der Waals surface area contributed by atoms with Gasteiger partial charge in [-0.25, -0.2) is 4.79 Å². The highest BCUT2D eigenvalue weighted by atomic mass is 16.6. The van der Waals surface area contributed by atoms with Gasteiger partial charge in [-0.1, -0.05) is 30.3 Å². The summed E-state index contributed by atoms with van der Waals surface area (Å²) in [6.07, 6.45) is 1.67. The number of aromatic carboxylic acids is 1. The van der Waals surface area contributed by atoms with Gasteiger partial charge < -0.3 is 14.6 Å². The zero-order chi connectivity index (χ0) is 23.8. The van der Waals surface area contributed by atoms with Crippen LogP contribution in [0.3, 0.4) is 0 Å². The van der Waals surface area contributed by atoms with Crippen LogP contribution in [0, 0.1) is 21.4 Å². The first-order valence-electron chi connectivity index (χ1n) is 9.99. The minimum absolute atomic E-state index is 0.0120. The van der Waals surface area contributed by atoms with Crippen LogP contribution in [0.5, 0.6) is 11.5 Å². The molecule has 3 aromatic carbocycles. The Morgan fingerprint density at radius 1 is 1.06 bits per heavy atom. The Morgan fingerprint density at radius 3 is 2.42 bits per heavy atom. The van der Waals surface area contributed by atoms with Gasteiger partial charge in [-0.3, -0.25) is 10.1 Å². The van der Waals surface area contributed by atoms with Crippen LogP contribution in [-0.2, 0) is 6.61 Å². The number of hydrogen-bond donors (Lipinski definition) is 1. The number of ether oxygens (including phenoxy) is 2. The maximum absolute atomic E-state index is 11.0. The van der Waals surface area contributed by atoms with E-state index in [1.807, 2.05) is 6.92 Å². The van der Waals surface area contributed by atoms with E-state index < -0.39 is 10.9 Å². The lowest BCUT2D eigenvalue weighted by Crippen LogP contribution is -2.00. The third-order valence-corrected chi connectivity index (χ3v) is 4.66. The number of nitriles is 1. The molecule has 0 fully saturated rings. The molecule has 0 aliphatic heterocycles. The Balaban J connectivity index is 1.83. The minimum Gasteiger partial charge on any atom is -0.490 e. The molecule has 166 valence electrons. The van der Waals surface area contributed by atoms with Gasteiger partial charge in [0.05, 0.1) is 28.7 Å². The number of carboxylic acid groups (broad SMARTS) is 1. The van der Waals surface area contributed by atoms with Crippen LogP contribution in [-0.4, -0.2) is 22.6 Å². The Morgan fingerprint density at radius 2 is 1.79 bits per heavy atom. The van der Waals surface area contributed by atoms with Crippen molar-refractivity contribution in [3.63, 3.8) is 0 Å². The molecule has 0 amide bonds. The molecule has 0 aliphatic carbocycles. The molecule has 8 heteroatoms. The standard InChI is InChI=1S/C25H20N2O6/c1-2-32-24-14-17(12-21(15-26)19-7-9-20(10-8-19)25(28)29)6-11-23(24)33-16-18-4-3-5-22(13-18)27(30)31/h3-14H,2,16H2,1H3,(H,28,29)/b21-12-. The molecule has 3 aromatic rings. The van der Waals surface area contributed by atoms with E-state index in [2.05, 4.69) is 6.07 Å². The van der Waals surface area contributed by atoms with Crippen molar-refractivity contribution in [3.05, 3.63) is 99.1 Å². The number of nitro benzene ring substituents is 1. The molecule has 8 nitrogen and oxygen atoms in total. The summed E-state index contributed by atoms with van der Waals surface area (Å²) in [5.41, 5.74) is 2.42. The molecular formula is C25H20N2O6. The van der Waals surface area contributed by atoms with Crippen molar-refractivity contribution in [2.75, 3.05) is 6.61 Å². The predicted octanol–water partition coefficient (Wildman–Crippen LogP) is 5.33. The smallest absolute Gasteiger partial charge is 0.335 e. The second-order valence-electron chi connectivity index (χ2n) is 6.91. The minimum atomic E-state index is -1.04. The number of hydrogen-bond acceptors (Lipinski definition) is 6. The monoisotopic (exact) mass is 444 g/mol. The lowest BCUT2D eigenvalue weighted by molar-refractivity contribution is -0.384. The van der Waals surface area contributed by atoms with Crippen LogP contribution in [0.1, 0.15) is 34.0 Å². The number of non-ortho nitro benzene ring substituents is 1. The molecule has 0 aliphatic rings. The summed E-state index contributed by atoms with van der Waals surface area (Å²) in [5, 5.41) is 29.6. The molecule has 0 spiro atoms. The number of benzene rings is 3. The number of rotatable bonds is 9. The molecule has 33 heavy (non-hydrogen) atoms. The summed E-state index contributed by atoms with van der Waals surface area (Å²) < 4.78 is 11.5. The van der Waals surface area contributed by atoms with Gasteiger partial charge in [0.1, 0.15) is 6.61 Å². The molecule has 0 aromatic heterocycles. The zero-order valence-electron chi connectivity index (χ0n) is 17.7. The van der Waals surface area contributed by atoms with E-state index >= 15 is 0 Å². The molecule has 0 bridgehead atoms. The number of nitro groups is 1. The van der Waals surface area contributed by atoms with Gasteiger partial charge in [0.15, 0.2) is 11.5 Å². The molecule has 0 unspecified atom stereocenters. The van der Waals surface area contributed by atoms with Crippen molar-refractivity contribution in [3.8, 4) is 17.6 Å². The first-order chi connectivity index (χ1) is 15.9. The van der Waals surface area contributed by atoms with Crippen molar-refractivity contribution in [1.82, 2.24) is 0 Å². The third kappa shape index (κ3) is 5.95. The van der Waals surface area contributed by atoms with Gasteiger partial charge in [0, 0.05) is 12.1 Å². The third-order valence-electron chi connectivity index (χ3n) is 4.66. The Labute approximate surface area is 190 Å². The SMILES string of the molecule is CCOc1cc(/C=C(/C#N)c2ccc(C(=O)O)cc2)ccc1OCc1cccc([N+](=O)[O-])c1. The summed E-state index contributed by atoms with van der Waals surface area (Å²) in [6.45, 7) is 2.34. The number of nitrogens with zero attached hydrogens (tertiary/aromatic N) is 2. The fraction of sp³-hybridized carbons (Fsp3) is 0.120. The number of carboxylic acids is 1. The van der Waals surface area contributed by atoms with Crippen molar-refractivity contribution >= 4 is 23.3 Å². The van der Waals surface area contributed by atoms with Gasteiger partial charge in [-0.15, -0.1) is 0 Å². The second kappa shape index (κ2) is 10.6. The molecule has 1 N–H and O–H groups in total. The molecule has 3 rings (SSSR count). The van der Waals surface area contributed by atoms with Gasteiger partial charge in [0.2, 0.25) is 0 Å². The normalized spacial score (nSPS) is 10.8. The van der Waals surface area contributed by atoms with Gasteiger partial charge in [0.25, 0.3) is 5.69 Å². The fourth-order valence-electron chi connectivity index (χ4n) is 3.06. The van der Waals surface area contributed by atoms with Crippen LogP contribution in [0.25, 0.3) is 11.6 Å². The highest BCUT2D eigenvalue weighted by Gasteiger charge is 2.11. The van der Waals surface area contributed by atoms with Crippen LogP contribution in [0.15, 0.2) is 66.7 Å². The second-order valence-corrected chi connectivity index (χ2v) is 6.91. The first kappa shape index (κ1) is 23.0. The lowest BCUT2D eigenvalue weighted by atomic mass is 10.0. The largest absolute Gasteiger partial charge is 0.490 e. The van der Waals surface area contributed by atoms with E-state index in [1.165, 1.54) is 24.3 Å². The summed E-state index contributed by atoms with van der Waals surface area (Å²) in [7, 11) is 0. The predicted molar refractivity (Wildman–Crippen MR) is 122 cm³/mol. The van der Waals surface area contributed by atoms with Crippen LogP contribution in [0.4, 0.5) is 5.69 Å². The molecule has 0 saturated carbocycles. The summed E-state index contributed by atoms with van der Waals surface area (Å²) in [4.78, 5) is 21.5. The Kier molecular flexibility index (Phi) is 7.39. The number of carbonyl (C=O) groups is 1. The summed E-state index contributed by atoms with van der Waals surface area (Å²) in [5.74, 6) is -0.105. The molecule has 0 saturated heterocycles. The maximum atomic E-state index is 11.0. The quantitative estimate of drug-likeness (QED) is 0.205. The summed E-state index contributed by atoms with van der Waals surface area (Å²) in [6, 6.07) is 19.6. The highest BCUT2D eigenvalue weighted by molar-refractivity contribution is 5.92. The zero-order valence-corrected chi connectivity index (χ0v) is 17.7. The van der Waals surface area contributed by atoms with Crippen molar-refractivity contribution in [2.45, 2.75) is 13.5 Å². The number of allylic oxidation sites excluding steroid dienone is 1. The molecule has 0 atom stereocenters. The average molecular weight is 444 g/mol. The van der Waals surface area contributed by atoms with Gasteiger partial charge in [-0.05, 0) is 54.0 Å². The molecular weight excluding hydrogens is 424 g/mol. The van der Waals surface area contributed by atoms with Crippen LogP contribution >= 0.6 is 0 Å². The maximum Gasteiger partial charge on any atom is 0.335 e. The average Bonchev–Trinajstić information content (AvgIpc) is 2.82. The Bertz CT molecular complexity index is 1240. The van der Waals surface area contributed by atoms with Gasteiger partial charge in [-0.2, -0.15) is 5.26 Å². The fourth-order valence-corrected chi connectivity index (χ4v) is 3.06. The lowest BCUT2D eigenvalue weighted by Gasteiger charge is -2.13. The highest BCUT2D eigenvalue weighted by Crippen LogP contribution is 2.31. The van der Waals surface area contributed by atoms with Crippen molar-refractivity contribution in [2.24, 2.45) is 0 Å². The van der Waals surface area contributed by atoms with Crippen molar-refractivity contribution in [1.29, 1.82) is 5.26 Å². The van der Waals surface area contributed by atoms with Crippen LogP contribution in [0.2, 0.25) is 0 Å². The van der Waals surface area contributed by atoms with E-state index in [-0.39, 0.29) is 17.9 Å². The van der Waals surface area contributed by atoms with E-state index in [0.717, 1.165) is 0 Å². The first-order valence-corrected chi connectivity index (χ1v) is 9.99. The Hall–Kier alpha value is -4.64.